The molecule has 2 N–H and O–H groups in total. The highest BCUT2D eigenvalue weighted by atomic mass is 16.5. The molecule has 5 nitrogen and oxygen atoms in total. The molecule has 2 heterocycles. The van der Waals surface area contributed by atoms with Crippen molar-refractivity contribution in [1.29, 1.82) is 0 Å². The molecule has 0 spiro atoms. The van der Waals surface area contributed by atoms with E-state index in [9.17, 15) is 4.79 Å². The fourth-order valence-electron chi connectivity index (χ4n) is 3.43. The number of hydrogen-bond acceptors (Lipinski definition) is 4. The monoisotopic (exact) mass is 289 g/mol. The van der Waals surface area contributed by atoms with Gasteiger partial charge < -0.3 is 15.4 Å². The second-order valence-corrected chi connectivity index (χ2v) is 5.89. The minimum Gasteiger partial charge on any atom is -0.384 e. The summed E-state index contributed by atoms with van der Waals surface area (Å²) in [6, 6.07) is 3.78. The van der Waals surface area contributed by atoms with Gasteiger partial charge in [-0.15, -0.1) is 0 Å². The minimum absolute atomic E-state index is 0.0685. The van der Waals surface area contributed by atoms with Gasteiger partial charge in [-0.2, -0.15) is 0 Å². The molecule has 1 aromatic heterocycles. The molecule has 1 saturated carbocycles. The van der Waals surface area contributed by atoms with E-state index in [-0.39, 0.29) is 18.1 Å². The third-order valence-electron chi connectivity index (χ3n) is 4.50. The van der Waals surface area contributed by atoms with Crippen LogP contribution in [0.2, 0.25) is 0 Å². The number of rotatable bonds is 2. The SMILES string of the molecule is CCc1cc(C(=O)N2CCOC3CCCCC32)cc(N)n1. The van der Waals surface area contributed by atoms with Gasteiger partial charge in [0.25, 0.3) is 5.91 Å². The molecule has 1 aromatic rings. The number of anilines is 1. The molecule has 0 aromatic carbocycles. The Bertz CT molecular complexity index is 530. The van der Waals surface area contributed by atoms with Crippen LogP contribution in [0.15, 0.2) is 12.1 Å². The van der Waals surface area contributed by atoms with Gasteiger partial charge in [0.2, 0.25) is 0 Å². The highest BCUT2D eigenvalue weighted by Crippen LogP contribution is 2.29. The summed E-state index contributed by atoms with van der Waals surface area (Å²) in [5.41, 5.74) is 7.35. The zero-order chi connectivity index (χ0) is 14.8. The van der Waals surface area contributed by atoms with Crippen molar-refractivity contribution < 1.29 is 9.53 Å². The zero-order valence-electron chi connectivity index (χ0n) is 12.5. The Morgan fingerprint density at radius 2 is 2.24 bits per heavy atom. The molecule has 2 unspecified atom stereocenters. The summed E-state index contributed by atoms with van der Waals surface area (Å²) in [6.45, 7) is 3.32. The first-order valence-corrected chi connectivity index (χ1v) is 7.88. The van der Waals surface area contributed by atoms with E-state index in [0.717, 1.165) is 25.0 Å². The van der Waals surface area contributed by atoms with Crippen molar-refractivity contribution in [1.82, 2.24) is 9.88 Å². The Labute approximate surface area is 125 Å². The Morgan fingerprint density at radius 1 is 1.43 bits per heavy atom. The van der Waals surface area contributed by atoms with E-state index in [1.54, 1.807) is 6.07 Å². The first-order chi connectivity index (χ1) is 10.2. The number of nitrogen functional groups attached to an aromatic ring is 1. The summed E-state index contributed by atoms with van der Waals surface area (Å²) < 4.78 is 5.84. The number of fused-ring (bicyclic) bond motifs is 1. The van der Waals surface area contributed by atoms with E-state index < -0.39 is 0 Å². The van der Waals surface area contributed by atoms with Gasteiger partial charge in [0.15, 0.2) is 0 Å². The van der Waals surface area contributed by atoms with Gasteiger partial charge in [-0.25, -0.2) is 4.98 Å². The van der Waals surface area contributed by atoms with Gasteiger partial charge in [-0.3, -0.25) is 4.79 Å². The number of amides is 1. The lowest BCUT2D eigenvalue weighted by molar-refractivity contribution is -0.0752. The summed E-state index contributed by atoms with van der Waals surface area (Å²) in [5, 5.41) is 0. The number of pyridine rings is 1. The van der Waals surface area contributed by atoms with Gasteiger partial charge in [0.1, 0.15) is 5.82 Å². The van der Waals surface area contributed by atoms with Gasteiger partial charge in [0, 0.05) is 17.8 Å². The number of aryl methyl sites for hydroxylation is 1. The van der Waals surface area contributed by atoms with Crippen LogP contribution >= 0.6 is 0 Å². The van der Waals surface area contributed by atoms with Crippen molar-refractivity contribution in [3.05, 3.63) is 23.4 Å². The molecule has 2 fully saturated rings. The van der Waals surface area contributed by atoms with E-state index in [0.29, 0.717) is 24.5 Å². The molecule has 21 heavy (non-hydrogen) atoms. The number of carbonyl (C=O) groups excluding carboxylic acids is 1. The maximum absolute atomic E-state index is 12.9. The largest absolute Gasteiger partial charge is 0.384 e. The van der Waals surface area contributed by atoms with E-state index in [1.165, 1.54) is 12.8 Å². The number of ether oxygens (including phenoxy) is 1. The van der Waals surface area contributed by atoms with Gasteiger partial charge >= 0.3 is 0 Å². The predicted molar refractivity (Wildman–Crippen MR) is 81.1 cm³/mol. The predicted octanol–water partition coefficient (Wildman–Crippen LogP) is 2.01. The van der Waals surface area contributed by atoms with Crippen molar-refractivity contribution in [3.8, 4) is 0 Å². The number of aromatic nitrogens is 1. The lowest BCUT2D eigenvalue weighted by Gasteiger charge is -2.43. The van der Waals surface area contributed by atoms with Crippen LogP contribution in [0.1, 0.15) is 48.7 Å². The third kappa shape index (κ3) is 2.88. The smallest absolute Gasteiger partial charge is 0.254 e. The third-order valence-corrected chi connectivity index (χ3v) is 4.50. The highest BCUT2D eigenvalue weighted by Gasteiger charge is 2.37. The summed E-state index contributed by atoms with van der Waals surface area (Å²) in [5.74, 6) is 0.491. The maximum Gasteiger partial charge on any atom is 0.254 e. The van der Waals surface area contributed by atoms with Crippen LogP contribution in [0.3, 0.4) is 0 Å². The van der Waals surface area contributed by atoms with Crippen LogP contribution in [-0.2, 0) is 11.2 Å². The Morgan fingerprint density at radius 3 is 3.05 bits per heavy atom. The van der Waals surface area contributed by atoms with Gasteiger partial charge in [-0.05, 0) is 31.4 Å². The number of nitrogens with two attached hydrogens (primary N) is 1. The zero-order valence-corrected chi connectivity index (χ0v) is 12.5. The first-order valence-electron chi connectivity index (χ1n) is 7.88. The van der Waals surface area contributed by atoms with E-state index in [4.69, 9.17) is 10.5 Å². The summed E-state index contributed by atoms with van der Waals surface area (Å²) in [6.07, 6.45) is 5.46. The molecule has 1 amide bonds. The molecule has 1 aliphatic carbocycles. The second-order valence-electron chi connectivity index (χ2n) is 5.89. The average molecular weight is 289 g/mol. The van der Waals surface area contributed by atoms with Crippen molar-refractivity contribution in [2.24, 2.45) is 0 Å². The standard InChI is InChI=1S/C16H23N3O2/c1-2-12-9-11(10-15(17)18-12)16(20)19-7-8-21-14-6-4-3-5-13(14)19/h9-10,13-14H,2-8H2,1H3,(H2,17,18). The molecular formula is C16H23N3O2. The molecule has 0 radical (unpaired) electrons. The highest BCUT2D eigenvalue weighted by molar-refractivity contribution is 5.95. The van der Waals surface area contributed by atoms with Gasteiger partial charge in [-0.1, -0.05) is 19.8 Å². The minimum atomic E-state index is 0.0685. The van der Waals surface area contributed by atoms with Gasteiger partial charge in [0.05, 0.1) is 18.8 Å². The number of nitrogens with zero attached hydrogens (tertiary/aromatic N) is 2. The van der Waals surface area contributed by atoms with E-state index >= 15 is 0 Å². The summed E-state index contributed by atoms with van der Waals surface area (Å²) in [4.78, 5) is 19.1. The molecule has 3 rings (SSSR count). The number of carbonyl (C=O) groups is 1. The molecule has 5 heteroatoms. The molecular weight excluding hydrogens is 266 g/mol. The number of morpholine rings is 1. The summed E-state index contributed by atoms with van der Waals surface area (Å²) in [7, 11) is 0. The van der Waals surface area contributed by atoms with Crippen LogP contribution in [0.25, 0.3) is 0 Å². The fraction of sp³-hybridized carbons (Fsp3) is 0.625. The van der Waals surface area contributed by atoms with Crippen LogP contribution in [0.5, 0.6) is 0 Å². The molecule has 1 aliphatic heterocycles. The quantitative estimate of drug-likeness (QED) is 0.904. The second kappa shape index (κ2) is 6.02. The van der Waals surface area contributed by atoms with Crippen molar-refractivity contribution >= 4 is 11.7 Å². The Hall–Kier alpha value is -1.62. The topological polar surface area (TPSA) is 68.5 Å². The maximum atomic E-state index is 12.9. The van der Waals surface area contributed by atoms with E-state index in [1.807, 2.05) is 17.9 Å². The normalized spacial score (nSPS) is 25.5. The first kappa shape index (κ1) is 14.3. The lowest BCUT2D eigenvalue weighted by Crippen LogP contribution is -2.54. The Balaban J connectivity index is 1.85. The Kier molecular flexibility index (Phi) is 4.10. The lowest BCUT2D eigenvalue weighted by atomic mass is 9.89. The molecule has 114 valence electrons. The average Bonchev–Trinajstić information content (AvgIpc) is 2.53. The molecule has 2 atom stereocenters. The van der Waals surface area contributed by atoms with Crippen LogP contribution < -0.4 is 5.73 Å². The van der Waals surface area contributed by atoms with Crippen molar-refractivity contribution in [2.75, 3.05) is 18.9 Å². The number of hydrogen-bond donors (Lipinski definition) is 1. The van der Waals surface area contributed by atoms with Crippen LogP contribution in [0, 0.1) is 0 Å². The van der Waals surface area contributed by atoms with Crippen molar-refractivity contribution in [2.45, 2.75) is 51.2 Å². The van der Waals surface area contributed by atoms with Crippen LogP contribution in [0.4, 0.5) is 5.82 Å². The molecule has 1 saturated heterocycles. The van der Waals surface area contributed by atoms with Crippen LogP contribution in [-0.4, -0.2) is 41.1 Å². The molecule has 2 aliphatic rings. The summed E-state index contributed by atoms with van der Waals surface area (Å²) >= 11 is 0. The molecule has 0 bridgehead atoms. The van der Waals surface area contributed by atoms with Crippen molar-refractivity contribution in [3.63, 3.8) is 0 Å². The van der Waals surface area contributed by atoms with E-state index in [2.05, 4.69) is 4.98 Å². The fourth-order valence-corrected chi connectivity index (χ4v) is 3.43.